The fraction of sp³-hybridized carbons (Fsp3) is 0.328. The Morgan fingerprint density at radius 2 is 0.382 bits per heavy atom. The number of aryl methyl sites for hydroxylation is 6. The summed E-state index contributed by atoms with van der Waals surface area (Å²) < 4.78 is 17.2. The number of fused-ring (bicyclic) bond motifs is 27. The van der Waals surface area contributed by atoms with Crippen molar-refractivity contribution in [3.63, 3.8) is 0 Å². The highest BCUT2D eigenvalue weighted by Crippen LogP contribution is 2.54. The van der Waals surface area contributed by atoms with Gasteiger partial charge in [0.05, 0.1) is 28.2 Å². The van der Waals surface area contributed by atoms with Gasteiger partial charge < -0.3 is 0 Å². The second-order valence-electron chi connectivity index (χ2n) is 42.2. The first-order valence-electron chi connectivity index (χ1n) is 51.1. The minimum absolute atomic E-state index is 0.793. The van der Waals surface area contributed by atoms with E-state index in [4.69, 9.17) is 0 Å². The van der Waals surface area contributed by atoms with Gasteiger partial charge in [0.1, 0.15) is 0 Å². The molecule has 0 N–H and O–H groups in total. The molecule has 0 nitrogen and oxygen atoms in total. The van der Waals surface area contributed by atoms with E-state index in [1.54, 1.807) is 0 Å². The summed E-state index contributed by atoms with van der Waals surface area (Å²) in [4.78, 5) is 5.41. The molecule has 0 aliphatic heterocycles. The molecule has 8 heteroatoms. The van der Waals surface area contributed by atoms with Crippen molar-refractivity contribution < 1.29 is 0 Å². The quantitative estimate of drug-likeness (QED) is 0.0394. The summed E-state index contributed by atoms with van der Waals surface area (Å²) in [6.45, 7) is 32.8. The Labute approximate surface area is 838 Å². The average molecular weight is 1930 g/mol. The lowest BCUT2D eigenvalue weighted by Crippen LogP contribution is -1.99. The van der Waals surface area contributed by atoms with Crippen molar-refractivity contribution in [1.29, 1.82) is 0 Å². The highest BCUT2D eigenvalue weighted by atomic mass is 32.1. The molecule has 0 spiro atoms. The predicted molar refractivity (Wildman–Crippen MR) is 621 cm³/mol. The van der Waals surface area contributed by atoms with Gasteiger partial charge in [-0.2, -0.15) is 0 Å². The van der Waals surface area contributed by atoms with Gasteiger partial charge in [0.25, 0.3) is 0 Å². The molecular weight excluding hydrogens is 1790 g/mol. The molecule has 0 aliphatic rings. The minimum atomic E-state index is 0.793. The maximum Gasteiger partial charge on any atom is 0.0542 e. The molecule has 0 aliphatic carbocycles. The number of benzene rings is 14. The molecule has 4 atom stereocenters. The van der Waals surface area contributed by atoms with E-state index in [1.807, 2.05) is 90.7 Å². The summed E-state index contributed by atoms with van der Waals surface area (Å²) in [5, 5.41) is 24.8. The molecule has 22 aromatic rings. The summed E-state index contributed by atoms with van der Waals surface area (Å²) in [5.74, 6) is 6.45. The third kappa shape index (κ3) is 20.5. The second-order valence-corrected chi connectivity index (χ2v) is 50.9. The van der Waals surface area contributed by atoms with Crippen molar-refractivity contribution in [1.82, 2.24) is 0 Å². The number of thiophene rings is 8. The molecule has 8 heterocycles. The fourth-order valence-electron chi connectivity index (χ4n) is 21.1. The van der Waals surface area contributed by atoms with E-state index in [0.717, 1.165) is 47.3 Å². The maximum absolute atomic E-state index is 2.51. The third-order valence-corrected chi connectivity index (χ3v) is 39.6. The topological polar surface area (TPSA) is 0 Å². The van der Waals surface area contributed by atoms with Crippen LogP contribution in [0, 0.1) is 61.2 Å². The third-order valence-electron chi connectivity index (χ3n) is 29.5. The zero-order valence-corrected chi connectivity index (χ0v) is 88.8. The molecule has 0 amide bonds. The molecule has 8 aromatic heterocycles. The minimum Gasteiger partial charge on any atom is -0.141 e. The Hall–Kier alpha value is -9.42. The van der Waals surface area contributed by atoms with Gasteiger partial charge in [-0.15, -0.1) is 90.7 Å². The lowest BCUT2D eigenvalue weighted by Gasteiger charge is -2.13. The second kappa shape index (κ2) is 41.6. The fourth-order valence-corrected chi connectivity index (χ4v) is 31.5. The van der Waals surface area contributed by atoms with Gasteiger partial charge in [-0.3, -0.25) is 0 Å². The van der Waals surface area contributed by atoms with Crippen LogP contribution in [0.1, 0.15) is 218 Å². The van der Waals surface area contributed by atoms with Crippen molar-refractivity contribution >= 4 is 244 Å². The molecular formula is C128H132S8. The number of hydrogen-bond donors (Lipinski definition) is 0. The SMILES string of the molecule is CC(C)CCCC(C)CCc1ccc(-c2ccc3ccc4c(sc5c6ccc7ccc(-c8ccc(CCC(C)CCCC(C)C)cc8)cc7c6sc45)c3c2)cc1.CC(C)CCCC(C)CCc1ccc2ccc3c(sc4c5ccc6ccc(CCC(C)CCCC(C)C)cc6c5sc34)c2c1.Cc1ccc(-c2ccc3ccc4c(sc5c6ccc7ccc(-c8ccc(C)s8)cc7c6sc45)c3c2)s1. The van der Waals surface area contributed by atoms with Gasteiger partial charge in [-0.1, -0.05) is 354 Å². The van der Waals surface area contributed by atoms with Crippen LogP contribution in [0.5, 0.6) is 0 Å². The first kappa shape index (κ1) is 94.2. The normalized spacial score (nSPS) is 13.2. The van der Waals surface area contributed by atoms with Gasteiger partial charge in [0.15, 0.2) is 0 Å². The lowest BCUT2D eigenvalue weighted by molar-refractivity contribution is 0.437. The zero-order valence-electron chi connectivity index (χ0n) is 82.3. The standard InChI is InChI=1S/C54H60S2.C42H52S2.C32H20S4/c1-35(2)9-7-11-37(5)13-15-39-17-21-41(22-18-39)45-27-25-43-29-31-47-51(49(43)33-45)55-54-48-32-30-44-26-28-46(34-50(44)52(48)56-53(47)54)42-23-19-40(20-24-42)16-14-38(6)12-8-10-36(3)4;1-27(2)9-7-11-29(5)13-15-31-17-19-33-21-23-35-39(37(33)25-31)43-42-36-24-22-34-20-18-32(26-38(34)40(36)44-41(35)42)16-14-30(6)12-8-10-28(3)4;1-17-3-13-27(33-17)21-7-5-19-9-11-23-29(25(19)15-21)35-32-24-12-10-20-6-8-22(28-14-4-18(2)34-28)16-26(20)30(24)36-31(23)32/h17-38H,7-16H2,1-6H3;17-30H,7-16H2,1-6H3;3-16H,1-2H3. The smallest absolute Gasteiger partial charge is 0.0542 e. The summed E-state index contributed by atoms with van der Waals surface area (Å²) >= 11 is 15.7. The van der Waals surface area contributed by atoms with Gasteiger partial charge in [0, 0.05) is 102 Å². The Morgan fingerprint density at radius 1 is 0.169 bits per heavy atom. The van der Waals surface area contributed by atoms with Crippen molar-refractivity contribution in [3.8, 4) is 43.1 Å². The molecule has 14 aromatic carbocycles. The molecule has 4 unspecified atom stereocenters. The molecule has 0 bridgehead atoms. The molecule has 0 fully saturated rings. The molecule has 0 saturated carbocycles. The molecule has 0 radical (unpaired) electrons. The summed E-state index contributed by atoms with van der Waals surface area (Å²) in [5.41, 5.74) is 13.8. The van der Waals surface area contributed by atoms with Crippen molar-refractivity contribution in [2.24, 2.45) is 47.3 Å². The van der Waals surface area contributed by atoms with Gasteiger partial charge in [0.2, 0.25) is 0 Å². The van der Waals surface area contributed by atoms with Crippen molar-refractivity contribution in [2.45, 2.75) is 225 Å². The maximum atomic E-state index is 2.51. The van der Waals surface area contributed by atoms with E-state index in [1.165, 1.54) is 357 Å². The van der Waals surface area contributed by atoms with Crippen molar-refractivity contribution in [2.75, 3.05) is 0 Å². The monoisotopic (exact) mass is 1920 g/mol. The zero-order chi connectivity index (χ0) is 93.5. The summed E-state index contributed by atoms with van der Waals surface area (Å²) in [6, 6.07) is 98.4. The largest absolute Gasteiger partial charge is 0.141 e. The van der Waals surface area contributed by atoms with Gasteiger partial charge in [-0.05, 0) is 272 Å². The number of hydrogen-bond acceptors (Lipinski definition) is 8. The molecule has 0 saturated heterocycles. The molecule has 22 rings (SSSR count). The molecule has 692 valence electrons. The average Bonchev–Trinajstić information content (AvgIpc) is 1.58. The van der Waals surface area contributed by atoms with E-state index < -0.39 is 0 Å². The highest BCUT2D eigenvalue weighted by molar-refractivity contribution is 7.39. The Balaban J connectivity index is 0.000000129. The van der Waals surface area contributed by atoms with Crippen LogP contribution in [0.15, 0.2) is 255 Å². The van der Waals surface area contributed by atoms with Crippen LogP contribution in [0.2, 0.25) is 0 Å². The first-order chi connectivity index (χ1) is 66.1. The highest BCUT2D eigenvalue weighted by Gasteiger charge is 2.23. The van der Waals surface area contributed by atoms with Gasteiger partial charge in [-0.25, -0.2) is 0 Å². The van der Waals surface area contributed by atoms with E-state index in [0.29, 0.717) is 0 Å². The number of rotatable bonds is 32. The van der Waals surface area contributed by atoms with Crippen LogP contribution in [-0.4, -0.2) is 0 Å². The Morgan fingerprint density at radius 3 is 0.632 bits per heavy atom. The summed E-state index contributed by atoms with van der Waals surface area (Å²) in [7, 11) is 0. The van der Waals surface area contributed by atoms with E-state index in [9.17, 15) is 0 Å². The van der Waals surface area contributed by atoms with E-state index >= 15 is 0 Å². The predicted octanol–water partition coefficient (Wildman–Crippen LogP) is 43.7. The summed E-state index contributed by atoms with van der Waals surface area (Å²) in [6.07, 6.45) is 26.1. The van der Waals surface area contributed by atoms with Crippen molar-refractivity contribution in [3.05, 3.63) is 287 Å². The van der Waals surface area contributed by atoms with Crippen LogP contribution in [-0.2, 0) is 25.7 Å². The van der Waals surface area contributed by atoms with Crippen LogP contribution in [0.25, 0.3) is 196 Å². The lowest BCUT2D eigenvalue weighted by atomic mass is 9.93. The van der Waals surface area contributed by atoms with Crippen LogP contribution >= 0.6 is 90.7 Å². The van der Waals surface area contributed by atoms with Crippen LogP contribution < -0.4 is 0 Å². The Kier molecular flexibility index (Phi) is 28.8. The first-order valence-corrected chi connectivity index (χ1v) is 57.6. The molecule has 136 heavy (non-hydrogen) atoms. The van der Waals surface area contributed by atoms with E-state index in [-0.39, 0.29) is 0 Å². The van der Waals surface area contributed by atoms with Gasteiger partial charge >= 0.3 is 0 Å². The Bertz CT molecular complexity index is 7570. The van der Waals surface area contributed by atoms with Crippen LogP contribution in [0.3, 0.4) is 0 Å². The van der Waals surface area contributed by atoms with E-state index in [2.05, 4.69) is 352 Å². The van der Waals surface area contributed by atoms with Crippen LogP contribution in [0.4, 0.5) is 0 Å².